The molecule has 0 spiro atoms. The zero-order valence-corrected chi connectivity index (χ0v) is 14.0. The van der Waals surface area contributed by atoms with Gasteiger partial charge < -0.3 is 14.8 Å². The van der Waals surface area contributed by atoms with Crippen molar-refractivity contribution in [2.75, 3.05) is 19.8 Å². The highest BCUT2D eigenvalue weighted by Crippen LogP contribution is 2.49. The zero-order valence-electron chi connectivity index (χ0n) is 14.0. The Hall–Kier alpha value is -2.55. The largest absolute Gasteiger partial charge is 0.486 e. The van der Waals surface area contributed by atoms with Gasteiger partial charge in [-0.05, 0) is 30.0 Å². The van der Waals surface area contributed by atoms with E-state index in [0.717, 1.165) is 36.3 Å². The van der Waals surface area contributed by atoms with Crippen molar-refractivity contribution in [3.63, 3.8) is 0 Å². The molecular formula is C19H21N3O3. The van der Waals surface area contributed by atoms with Crippen molar-refractivity contribution in [3.05, 3.63) is 23.8 Å². The first-order valence-corrected chi connectivity index (χ1v) is 8.76. The third-order valence-corrected chi connectivity index (χ3v) is 5.00. The van der Waals surface area contributed by atoms with Gasteiger partial charge in [0.05, 0.1) is 0 Å². The number of ether oxygens (including phenoxy) is 2. The van der Waals surface area contributed by atoms with Gasteiger partial charge in [-0.1, -0.05) is 6.07 Å². The van der Waals surface area contributed by atoms with Crippen LogP contribution in [-0.2, 0) is 4.79 Å². The summed E-state index contributed by atoms with van der Waals surface area (Å²) in [5, 5.41) is 11.2. The van der Waals surface area contributed by atoms with Gasteiger partial charge >= 0.3 is 0 Å². The molecule has 1 amide bonds. The summed E-state index contributed by atoms with van der Waals surface area (Å²) in [6.07, 6.45) is 8.31. The first-order valence-electron chi connectivity index (χ1n) is 8.76. The summed E-state index contributed by atoms with van der Waals surface area (Å²) in [5.41, 5.74) is 0.806. The lowest BCUT2D eigenvalue weighted by Crippen LogP contribution is -2.29. The fourth-order valence-corrected chi connectivity index (χ4v) is 3.33. The Morgan fingerprint density at radius 3 is 2.84 bits per heavy atom. The maximum Gasteiger partial charge on any atom is 0.223 e. The molecule has 0 radical (unpaired) electrons. The summed E-state index contributed by atoms with van der Waals surface area (Å²) in [6.45, 7) is 1.74. The standard InChI is InChI=1S/C19H21N3O3/c1-2-3-6-19(21-22-19)7-8-20-18(23)15-12-14(15)13-4-5-16-17(11-13)25-10-9-24-16/h1,4-5,11,14-15H,3,6-10,12H2,(H,20,23)/t14-,15+/m0/s1. The maximum absolute atomic E-state index is 12.3. The Morgan fingerprint density at radius 2 is 2.08 bits per heavy atom. The predicted octanol–water partition coefficient (Wildman–Crippen LogP) is 2.64. The van der Waals surface area contributed by atoms with Gasteiger partial charge in [-0.25, -0.2) is 0 Å². The fraction of sp³-hybridized carbons (Fsp3) is 0.526. The lowest BCUT2D eigenvalue weighted by Gasteiger charge is -2.18. The molecule has 6 heteroatoms. The molecule has 130 valence electrons. The Bertz CT molecular complexity index is 747. The van der Waals surface area contributed by atoms with Crippen LogP contribution in [0.5, 0.6) is 11.5 Å². The van der Waals surface area contributed by atoms with Gasteiger partial charge in [-0.2, -0.15) is 10.2 Å². The monoisotopic (exact) mass is 339 g/mol. The van der Waals surface area contributed by atoms with Gasteiger partial charge in [0.25, 0.3) is 0 Å². The van der Waals surface area contributed by atoms with Crippen molar-refractivity contribution in [2.24, 2.45) is 16.1 Å². The van der Waals surface area contributed by atoms with E-state index in [0.29, 0.717) is 26.2 Å². The molecule has 25 heavy (non-hydrogen) atoms. The minimum atomic E-state index is -0.335. The number of hydrogen-bond donors (Lipinski definition) is 1. The summed E-state index contributed by atoms with van der Waals surface area (Å²) in [6, 6.07) is 5.97. The van der Waals surface area contributed by atoms with Crippen LogP contribution in [-0.4, -0.2) is 31.3 Å². The highest BCUT2D eigenvalue weighted by Gasteiger charge is 2.45. The van der Waals surface area contributed by atoms with Gasteiger partial charge in [-0.3, -0.25) is 4.79 Å². The minimum absolute atomic E-state index is 0.0392. The quantitative estimate of drug-likeness (QED) is 0.776. The van der Waals surface area contributed by atoms with Crippen LogP contribution in [0.1, 0.15) is 37.2 Å². The van der Waals surface area contributed by atoms with Gasteiger partial charge in [0.2, 0.25) is 5.91 Å². The predicted molar refractivity (Wildman–Crippen MR) is 91.6 cm³/mol. The molecular weight excluding hydrogens is 318 g/mol. The Labute approximate surface area is 147 Å². The smallest absolute Gasteiger partial charge is 0.223 e. The third kappa shape index (κ3) is 3.46. The number of amides is 1. The van der Waals surface area contributed by atoms with E-state index in [4.69, 9.17) is 15.9 Å². The van der Waals surface area contributed by atoms with E-state index in [1.807, 2.05) is 18.2 Å². The lowest BCUT2D eigenvalue weighted by atomic mass is 10.0. The fourth-order valence-electron chi connectivity index (χ4n) is 3.33. The molecule has 1 aromatic carbocycles. The number of nitrogens with zero attached hydrogens (tertiary/aromatic N) is 2. The number of nitrogens with one attached hydrogen (secondary N) is 1. The molecule has 0 aromatic heterocycles. The van der Waals surface area contributed by atoms with Gasteiger partial charge in [0.1, 0.15) is 13.2 Å². The molecule has 0 unspecified atom stereocenters. The Balaban J connectivity index is 1.26. The molecule has 1 N–H and O–H groups in total. The van der Waals surface area contributed by atoms with Crippen LogP contribution in [0, 0.1) is 18.3 Å². The van der Waals surface area contributed by atoms with Gasteiger partial charge in [0.15, 0.2) is 17.2 Å². The molecule has 6 nitrogen and oxygen atoms in total. The van der Waals surface area contributed by atoms with E-state index in [2.05, 4.69) is 21.5 Å². The van der Waals surface area contributed by atoms with Crippen molar-refractivity contribution >= 4 is 5.91 Å². The first-order chi connectivity index (χ1) is 12.2. The average Bonchev–Trinajstić information content (AvgIpc) is 3.55. The van der Waals surface area contributed by atoms with E-state index in [1.165, 1.54) is 0 Å². The van der Waals surface area contributed by atoms with E-state index in [1.54, 1.807) is 0 Å². The molecule has 4 rings (SSSR count). The van der Waals surface area contributed by atoms with E-state index < -0.39 is 0 Å². The maximum atomic E-state index is 12.3. The average molecular weight is 339 g/mol. The molecule has 1 fully saturated rings. The molecule has 3 aliphatic rings. The molecule has 0 saturated heterocycles. The number of carbonyl (C=O) groups is 1. The number of benzene rings is 1. The first kappa shape index (κ1) is 15.9. The van der Waals surface area contributed by atoms with Crippen molar-refractivity contribution in [2.45, 2.75) is 37.3 Å². The van der Waals surface area contributed by atoms with Crippen LogP contribution in [0.15, 0.2) is 28.4 Å². The van der Waals surface area contributed by atoms with Crippen molar-refractivity contribution in [1.29, 1.82) is 0 Å². The van der Waals surface area contributed by atoms with Crippen LogP contribution in [0.2, 0.25) is 0 Å². The number of hydrogen-bond acceptors (Lipinski definition) is 5. The lowest BCUT2D eigenvalue weighted by molar-refractivity contribution is -0.122. The van der Waals surface area contributed by atoms with Gasteiger partial charge in [-0.15, -0.1) is 12.3 Å². The second-order valence-electron chi connectivity index (χ2n) is 6.78. The summed E-state index contributed by atoms with van der Waals surface area (Å²) < 4.78 is 11.2. The normalized spacial score (nSPS) is 24.3. The van der Waals surface area contributed by atoms with E-state index in [-0.39, 0.29) is 23.4 Å². The van der Waals surface area contributed by atoms with E-state index >= 15 is 0 Å². The van der Waals surface area contributed by atoms with Crippen LogP contribution in [0.4, 0.5) is 0 Å². The Kier molecular flexibility index (Phi) is 4.08. The summed E-state index contributed by atoms with van der Waals surface area (Å²) in [7, 11) is 0. The van der Waals surface area contributed by atoms with E-state index in [9.17, 15) is 4.79 Å². The van der Waals surface area contributed by atoms with Crippen molar-refractivity contribution in [1.82, 2.24) is 5.32 Å². The number of terminal acetylenes is 1. The summed E-state index contributed by atoms with van der Waals surface area (Å²) >= 11 is 0. The summed E-state index contributed by atoms with van der Waals surface area (Å²) in [5.74, 6) is 4.58. The number of fused-ring (bicyclic) bond motifs is 1. The Morgan fingerprint density at radius 1 is 1.28 bits per heavy atom. The van der Waals surface area contributed by atoms with Crippen LogP contribution >= 0.6 is 0 Å². The van der Waals surface area contributed by atoms with Crippen molar-refractivity contribution in [3.8, 4) is 23.8 Å². The van der Waals surface area contributed by atoms with Crippen LogP contribution in [0.3, 0.4) is 0 Å². The topological polar surface area (TPSA) is 72.3 Å². The molecule has 1 saturated carbocycles. The summed E-state index contributed by atoms with van der Waals surface area (Å²) in [4.78, 5) is 12.3. The second-order valence-corrected chi connectivity index (χ2v) is 6.78. The molecule has 0 bridgehead atoms. The highest BCUT2D eigenvalue weighted by molar-refractivity contribution is 5.83. The van der Waals surface area contributed by atoms with Crippen molar-refractivity contribution < 1.29 is 14.3 Å². The molecule has 2 atom stereocenters. The molecule has 1 aliphatic carbocycles. The minimum Gasteiger partial charge on any atom is -0.486 e. The van der Waals surface area contributed by atoms with Crippen LogP contribution in [0.25, 0.3) is 0 Å². The van der Waals surface area contributed by atoms with Gasteiger partial charge in [0, 0.05) is 31.7 Å². The van der Waals surface area contributed by atoms with Crippen LogP contribution < -0.4 is 14.8 Å². The molecule has 2 aliphatic heterocycles. The molecule has 2 heterocycles. The second kappa shape index (κ2) is 6.40. The highest BCUT2D eigenvalue weighted by atomic mass is 16.6. The number of rotatable bonds is 7. The molecule has 1 aromatic rings. The third-order valence-electron chi connectivity index (χ3n) is 5.00. The SMILES string of the molecule is C#CCCC1(CCNC(=O)[C@@H]2C[C@H]2c2ccc3c(c2)OCCO3)N=N1. The number of carbonyl (C=O) groups excluding carboxylic acids is 1. The zero-order chi connectivity index (χ0) is 17.3.